The molecule has 10 heteroatoms. The van der Waals surface area contributed by atoms with Crippen molar-refractivity contribution in [3.63, 3.8) is 0 Å². The molecule has 2 heterocycles. The van der Waals surface area contributed by atoms with Gasteiger partial charge in [0, 0.05) is 29.9 Å². The smallest absolute Gasteiger partial charge is 0.330 e. The first kappa shape index (κ1) is 21.8. The van der Waals surface area contributed by atoms with E-state index in [1.165, 1.54) is 11.0 Å². The summed E-state index contributed by atoms with van der Waals surface area (Å²) in [5, 5.41) is 13.1. The van der Waals surface area contributed by atoms with Crippen molar-refractivity contribution in [3.05, 3.63) is 35.5 Å². The number of benzene rings is 1. The summed E-state index contributed by atoms with van der Waals surface area (Å²) in [5.74, 6) is -2.30. The molecule has 33 heavy (non-hydrogen) atoms. The number of anilines is 3. The number of aromatic nitrogens is 2. The van der Waals surface area contributed by atoms with Gasteiger partial charge in [0.15, 0.2) is 17.4 Å². The van der Waals surface area contributed by atoms with Gasteiger partial charge in [-0.25, -0.2) is 18.6 Å². The van der Waals surface area contributed by atoms with Crippen molar-refractivity contribution >= 4 is 23.5 Å². The van der Waals surface area contributed by atoms with Crippen molar-refractivity contribution in [3.8, 4) is 5.75 Å². The molecule has 1 aromatic heterocycles. The summed E-state index contributed by atoms with van der Waals surface area (Å²) >= 11 is 0. The number of fused-ring (bicyclic) bond motifs is 1. The van der Waals surface area contributed by atoms with Gasteiger partial charge in [0.1, 0.15) is 5.82 Å². The van der Waals surface area contributed by atoms with Crippen LogP contribution in [-0.4, -0.2) is 58.2 Å². The minimum absolute atomic E-state index is 0.0190. The van der Waals surface area contributed by atoms with E-state index in [4.69, 9.17) is 0 Å². The first-order valence-electron chi connectivity index (χ1n) is 11.4. The second-order valence-corrected chi connectivity index (χ2v) is 9.35. The van der Waals surface area contributed by atoms with E-state index in [-0.39, 0.29) is 24.3 Å². The lowest BCUT2D eigenvalue weighted by Gasteiger charge is -2.37. The zero-order valence-corrected chi connectivity index (χ0v) is 18.8. The Hall–Kier alpha value is -3.01. The second-order valence-electron chi connectivity index (χ2n) is 9.35. The molecule has 3 aliphatic rings. The third-order valence-corrected chi connectivity index (χ3v) is 6.84. The topological polar surface area (TPSA) is 84.8 Å². The number of urea groups is 1. The number of phenolic OH excluding ortho intramolecular Hbond substituents is 1. The summed E-state index contributed by atoms with van der Waals surface area (Å²) < 4.78 is 28.1. The molecular formula is C23H28F2N6O2. The Kier molecular flexibility index (Phi) is 5.55. The lowest BCUT2D eigenvalue weighted by Crippen LogP contribution is -2.49. The Balaban J connectivity index is 1.40. The van der Waals surface area contributed by atoms with Gasteiger partial charge in [-0.1, -0.05) is 0 Å². The Morgan fingerprint density at radius 2 is 1.85 bits per heavy atom. The van der Waals surface area contributed by atoms with Crippen LogP contribution < -0.4 is 15.1 Å². The van der Waals surface area contributed by atoms with Gasteiger partial charge >= 0.3 is 6.03 Å². The van der Waals surface area contributed by atoms with Gasteiger partial charge in [0.05, 0.1) is 12.2 Å². The number of aromatic hydroxyl groups is 1. The molecule has 0 atom stereocenters. The van der Waals surface area contributed by atoms with Crippen LogP contribution in [0.25, 0.3) is 0 Å². The van der Waals surface area contributed by atoms with Gasteiger partial charge < -0.3 is 15.3 Å². The first-order chi connectivity index (χ1) is 15.8. The molecule has 176 valence electrons. The lowest BCUT2D eigenvalue weighted by atomic mass is 9.91. The Morgan fingerprint density at radius 3 is 2.52 bits per heavy atom. The van der Waals surface area contributed by atoms with Crippen LogP contribution in [-0.2, 0) is 6.54 Å². The van der Waals surface area contributed by atoms with Crippen molar-refractivity contribution in [2.24, 2.45) is 0 Å². The highest BCUT2D eigenvalue weighted by molar-refractivity contribution is 6.06. The van der Waals surface area contributed by atoms with Gasteiger partial charge in [-0.15, -0.1) is 0 Å². The highest BCUT2D eigenvalue weighted by atomic mass is 19.1. The molecule has 0 radical (unpaired) electrons. The molecule has 0 unspecified atom stereocenters. The first-order valence-corrected chi connectivity index (χ1v) is 11.4. The standard InChI is InChI=1S/C23H28F2N6O2/c1-29(2)15-5-3-14(4-6-15)27-22-26-11-13-12-30(18-10-9-17(24)20(32)19(18)25)23(33)31(16-7-8-16)21(13)28-22/h9-11,14-16,32H,3-8,12H2,1-2H3,(H,26,27,28). The molecule has 2 amide bonds. The fourth-order valence-corrected chi connectivity index (χ4v) is 4.75. The molecule has 2 aliphatic carbocycles. The van der Waals surface area contributed by atoms with Crippen molar-refractivity contribution in [1.29, 1.82) is 0 Å². The fourth-order valence-electron chi connectivity index (χ4n) is 4.75. The molecule has 8 nitrogen and oxygen atoms in total. The summed E-state index contributed by atoms with van der Waals surface area (Å²) in [6.07, 6.45) is 7.58. The maximum atomic E-state index is 14.6. The van der Waals surface area contributed by atoms with Crippen molar-refractivity contribution in [1.82, 2.24) is 14.9 Å². The quantitative estimate of drug-likeness (QED) is 0.708. The average molecular weight is 459 g/mol. The van der Waals surface area contributed by atoms with Crippen molar-refractivity contribution in [2.45, 2.75) is 63.2 Å². The minimum atomic E-state index is -1.16. The van der Waals surface area contributed by atoms with Gasteiger partial charge in [-0.05, 0) is 64.8 Å². The summed E-state index contributed by atoms with van der Waals surface area (Å²) in [6.45, 7) is 0.0353. The van der Waals surface area contributed by atoms with E-state index >= 15 is 0 Å². The molecule has 2 aromatic rings. The third-order valence-electron chi connectivity index (χ3n) is 6.84. The van der Waals surface area contributed by atoms with Crippen LogP contribution in [0, 0.1) is 11.6 Å². The Labute approximate surface area is 191 Å². The van der Waals surface area contributed by atoms with Gasteiger partial charge in [0.2, 0.25) is 5.95 Å². The SMILES string of the molecule is CN(C)C1CCC(Nc2ncc3c(n2)N(C2CC2)C(=O)N(c2ccc(F)c(O)c2F)C3)CC1. The van der Waals surface area contributed by atoms with Crippen LogP contribution in [0.4, 0.5) is 31.0 Å². The summed E-state index contributed by atoms with van der Waals surface area (Å²) in [5.41, 5.74) is 0.502. The molecule has 0 spiro atoms. The van der Waals surface area contributed by atoms with Crippen LogP contribution in [0.2, 0.25) is 0 Å². The van der Waals surface area contributed by atoms with Crippen LogP contribution in [0.1, 0.15) is 44.1 Å². The average Bonchev–Trinajstić information content (AvgIpc) is 3.63. The molecule has 2 fully saturated rings. The number of hydrogen-bond acceptors (Lipinski definition) is 6. The van der Waals surface area contributed by atoms with E-state index in [2.05, 4.69) is 34.3 Å². The fraction of sp³-hybridized carbons (Fsp3) is 0.522. The Morgan fingerprint density at radius 1 is 1.12 bits per heavy atom. The van der Waals surface area contributed by atoms with Gasteiger partial charge in [-0.2, -0.15) is 4.98 Å². The minimum Gasteiger partial charge on any atom is -0.503 e. The number of halogens is 2. The molecule has 5 rings (SSSR count). The zero-order valence-electron chi connectivity index (χ0n) is 18.8. The van der Waals surface area contributed by atoms with E-state index in [0.29, 0.717) is 23.4 Å². The largest absolute Gasteiger partial charge is 0.503 e. The molecule has 1 aliphatic heterocycles. The Bertz CT molecular complexity index is 1070. The predicted octanol–water partition coefficient (Wildman–Crippen LogP) is 3.85. The predicted molar refractivity (Wildman–Crippen MR) is 120 cm³/mol. The van der Waals surface area contributed by atoms with Gasteiger partial charge in [0.25, 0.3) is 0 Å². The summed E-state index contributed by atoms with van der Waals surface area (Å²) in [6, 6.07) is 2.53. The number of carbonyl (C=O) groups is 1. The lowest BCUT2D eigenvalue weighted by molar-refractivity contribution is 0.221. The van der Waals surface area contributed by atoms with E-state index < -0.39 is 23.4 Å². The molecule has 2 N–H and O–H groups in total. The van der Waals surface area contributed by atoms with Gasteiger partial charge in [-0.3, -0.25) is 9.80 Å². The van der Waals surface area contributed by atoms with E-state index in [1.807, 2.05) is 0 Å². The van der Waals surface area contributed by atoms with Crippen molar-refractivity contribution < 1.29 is 18.7 Å². The summed E-state index contributed by atoms with van der Waals surface area (Å²) in [7, 11) is 4.22. The third kappa shape index (κ3) is 4.07. The normalized spacial score (nSPS) is 23.1. The maximum absolute atomic E-state index is 14.6. The highest BCUT2D eigenvalue weighted by Gasteiger charge is 2.43. The monoisotopic (exact) mass is 458 g/mol. The number of nitrogens with one attached hydrogen (secondary N) is 1. The number of carbonyl (C=O) groups excluding carboxylic acids is 1. The number of hydrogen-bond donors (Lipinski definition) is 2. The molecule has 0 bridgehead atoms. The number of rotatable bonds is 5. The van der Waals surface area contributed by atoms with Crippen molar-refractivity contribution in [2.75, 3.05) is 29.2 Å². The number of amides is 2. The van der Waals surface area contributed by atoms with Crippen LogP contribution in [0.5, 0.6) is 5.75 Å². The number of nitrogens with zero attached hydrogens (tertiary/aromatic N) is 5. The molecular weight excluding hydrogens is 430 g/mol. The van der Waals surface area contributed by atoms with Crippen LogP contribution in [0.3, 0.4) is 0 Å². The molecule has 0 saturated heterocycles. The second kappa shape index (κ2) is 8.40. The molecule has 2 saturated carbocycles. The van der Waals surface area contributed by atoms with E-state index in [9.17, 15) is 18.7 Å². The van der Waals surface area contributed by atoms with Crippen LogP contribution in [0.15, 0.2) is 18.3 Å². The zero-order chi connectivity index (χ0) is 23.3. The number of phenols is 1. The van der Waals surface area contributed by atoms with E-state index in [1.54, 1.807) is 11.1 Å². The summed E-state index contributed by atoms with van der Waals surface area (Å²) in [4.78, 5) is 27.5. The molecule has 1 aromatic carbocycles. The highest BCUT2D eigenvalue weighted by Crippen LogP contribution is 2.40. The van der Waals surface area contributed by atoms with E-state index in [0.717, 1.165) is 44.6 Å². The van der Waals surface area contributed by atoms with Crippen LogP contribution >= 0.6 is 0 Å². The maximum Gasteiger partial charge on any atom is 0.330 e.